The average Bonchev–Trinajstić information content (AvgIpc) is 2.73. The average molecular weight is 268 g/mol. The number of ether oxygens (including phenoxy) is 1. The molecule has 0 bridgehead atoms. The van der Waals surface area contributed by atoms with Crippen molar-refractivity contribution >= 4 is 28.6 Å². The maximum atomic E-state index is 5.89. The fourth-order valence-electron chi connectivity index (χ4n) is 1.59. The van der Waals surface area contributed by atoms with E-state index in [9.17, 15) is 0 Å². The second-order valence-electron chi connectivity index (χ2n) is 3.76. The van der Waals surface area contributed by atoms with Crippen LogP contribution in [0, 0.1) is 6.92 Å². The summed E-state index contributed by atoms with van der Waals surface area (Å²) in [4.78, 5) is 1.21. The molecule has 4 heteroatoms. The monoisotopic (exact) mass is 267 g/mol. The smallest absolute Gasteiger partial charge is 0.141 e. The van der Waals surface area contributed by atoms with Crippen molar-refractivity contribution in [1.82, 2.24) is 0 Å². The van der Waals surface area contributed by atoms with Crippen molar-refractivity contribution in [3.05, 3.63) is 45.1 Å². The minimum absolute atomic E-state index is 0.761. The molecular weight excluding hydrogens is 254 g/mol. The SMILES string of the molecule is COc1ccc(C)cc1NCc1ccc(Cl)s1. The van der Waals surface area contributed by atoms with E-state index in [1.54, 1.807) is 18.4 Å². The van der Waals surface area contributed by atoms with Gasteiger partial charge in [0.05, 0.1) is 17.1 Å². The molecule has 0 aliphatic carbocycles. The Bertz CT molecular complexity index is 510. The number of aryl methyl sites for hydroxylation is 1. The number of nitrogens with one attached hydrogen (secondary N) is 1. The summed E-state index contributed by atoms with van der Waals surface area (Å²) in [5.74, 6) is 0.859. The van der Waals surface area contributed by atoms with E-state index in [1.165, 1.54) is 10.4 Å². The number of methoxy groups -OCH3 is 1. The number of halogens is 1. The molecule has 0 spiro atoms. The van der Waals surface area contributed by atoms with Crippen LogP contribution in [0.2, 0.25) is 4.34 Å². The van der Waals surface area contributed by atoms with Gasteiger partial charge in [-0.05, 0) is 36.8 Å². The van der Waals surface area contributed by atoms with E-state index in [1.807, 2.05) is 24.3 Å². The zero-order valence-corrected chi connectivity index (χ0v) is 11.4. The number of hydrogen-bond donors (Lipinski definition) is 1. The molecule has 0 atom stereocenters. The Morgan fingerprint density at radius 3 is 2.76 bits per heavy atom. The van der Waals surface area contributed by atoms with Gasteiger partial charge in [-0.2, -0.15) is 0 Å². The van der Waals surface area contributed by atoms with Crippen molar-refractivity contribution in [1.29, 1.82) is 0 Å². The molecule has 1 N–H and O–H groups in total. The third-order valence-corrected chi connectivity index (χ3v) is 3.67. The molecule has 0 aliphatic rings. The molecule has 1 aromatic carbocycles. The number of hydrogen-bond acceptors (Lipinski definition) is 3. The summed E-state index contributed by atoms with van der Waals surface area (Å²) < 4.78 is 6.13. The third kappa shape index (κ3) is 3.14. The third-order valence-electron chi connectivity index (χ3n) is 2.44. The highest BCUT2D eigenvalue weighted by molar-refractivity contribution is 7.16. The van der Waals surface area contributed by atoms with E-state index < -0.39 is 0 Å². The van der Waals surface area contributed by atoms with Crippen molar-refractivity contribution in [2.24, 2.45) is 0 Å². The van der Waals surface area contributed by atoms with Crippen LogP contribution in [-0.2, 0) is 6.54 Å². The Kier molecular flexibility index (Phi) is 3.92. The Labute approximate surface area is 110 Å². The van der Waals surface area contributed by atoms with Crippen LogP contribution in [0.15, 0.2) is 30.3 Å². The summed E-state index contributed by atoms with van der Waals surface area (Å²) >= 11 is 7.48. The van der Waals surface area contributed by atoms with Gasteiger partial charge in [-0.25, -0.2) is 0 Å². The predicted molar refractivity (Wildman–Crippen MR) is 74.4 cm³/mol. The van der Waals surface area contributed by atoms with Crippen molar-refractivity contribution < 1.29 is 4.74 Å². The second kappa shape index (κ2) is 5.43. The Morgan fingerprint density at radius 2 is 2.12 bits per heavy atom. The summed E-state index contributed by atoms with van der Waals surface area (Å²) in [7, 11) is 1.68. The lowest BCUT2D eigenvalue weighted by Crippen LogP contribution is -2.00. The van der Waals surface area contributed by atoms with Gasteiger partial charge in [-0.15, -0.1) is 11.3 Å². The Balaban J connectivity index is 2.10. The summed E-state index contributed by atoms with van der Waals surface area (Å²) in [6.07, 6.45) is 0. The van der Waals surface area contributed by atoms with Crippen LogP contribution in [0.25, 0.3) is 0 Å². The first-order chi connectivity index (χ1) is 8.19. The number of thiophene rings is 1. The van der Waals surface area contributed by atoms with Gasteiger partial charge in [0.25, 0.3) is 0 Å². The van der Waals surface area contributed by atoms with Crippen LogP contribution in [0.1, 0.15) is 10.4 Å². The van der Waals surface area contributed by atoms with E-state index in [2.05, 4.69) is 18.3 Å². The summed E-state index contributed by atoms with van der Waals surface area (Å²) in [6, 6.07) is 10.0. The molecule has 0 unspecified atom stereocenters. The second-order valence-corrected chi connectivity index (χ2v) is 5.56. The summed E-state index contributed by atoms with van der Waals surface area (Å²) in [5.41, 5.74) is 2.22. The topological polar surface area (TPSA) is 21.3 Å². The molecule has 0 radical (unpaired) electrons. The zero-order valence-electron chi connectivity index (χ0n) is 9.79. The highest BCUT2D eigenvalue weighted by Crippen LogP contribution is 2.27. The van der Waals surface area contributed by atoms with Crippen LogP contribution in [0.4, 0.5) is 5.69 Å². The number of rotatable bonds is 4. The molecule has 2 aromatic rings. The molecule has 0 saturated heterocycles. The largest absolute Gasteiger partial charge is 0.495 e. The molecule has 0 saturated carbocycles. The van der Waals surface area contributed by atoms with Crippen LogP contribution in [-0.4, -0.2) is 7.11 Å². The first kappa shape index (κ1) is 12.3. The molecule has 1 aromatic heterocycles. The van der Waals surface area contributed by atoms with E-state index in [-0.39, 0.29) is 0 Å². The van der Waals surface area contributed by atoms with E-state index in [4.69, 9.17) is 16.3 Å². The van der Waals surface area contributed by atoms with Crippen LogP contribution < -0.4 is 10.1 Å². The molecule has 0 fully saturated rings. The van der Waals surface area contributed by atoms with Crippen molar-refractivity contribution in [2.45, 2.75) is 13.5 Å². The molecule has 1 heterocycles. The summed E-state index contributed by atoms with van der Waals surface area (Å²) in [6.45, 7) is 2.82. The Morgan fingerprint density at radius 1 is 1.29 bits per heavy atom. The van der Waals surface area contributed by atoms with Gasteiger partial charge in [0.1, 0.15) is 5.75 Å². The van der Waals surface area contributed by atoms with Crippen LogP contribution in [0.3, 0.4) is 0 Å². The minimum Gasteiger partial charge on any atom is -0.495 e. The predicted octanol–water partition coefficient (Wildman–Crippen LogP) is 4.33. The molecule has 90 valence electrons. The highest BCUT2D eigenvalue weighted by atomic mass is 35.5. The molecule has 0 amide bonds. The maximum absolute atomic E-state index is 5.89. The molecule has 0 aliphatic heterocycles. The first-order valence-corrected chi connectivity index (χ1v) is 6.51. The normalized spacial score (nSPS) is 10.3. The molecule has 17 heavy (non-hydrogen) atoms. The Hall–Kier alpha value is -1.19. The quantitative estimate of drug-likeness (QED) is 0.890. The van der Waals surface area contributed by atoms with Crippen molar-refractivity contribution in [3.8, 4) is 5.75 Å². The van der Waals surface area contributed by atoms with Gasteiger partial charge in [0, 0.05) is 11.4 Å². The van der Waals surface area contributed by atoms with Crippen molar-refractivity contribution in [3.63, 3.8) is 0 Å². The van der Waals surface area contributed by atoms with Gasteiger partial charge in [-0.1, -0.05) is 17.7 Å². The molecule has 2 rings (SSSR count). The number of benzene rings is 1. The van der Waals surface area contributed by atoms with Crippen LogP contribution >= 0.6 is 22.9 Å². The van der Waals surface area contributed by atoms with Gasteiger partial charge >= 0.3 is 0 Å². The zero-order chi connectivity index (χ0) is 12.3. The van der Waals surface area contributed by atoms with Gasteiger partial charge in [0.15, 0.2) is 0 Å². The van der Waals surface area contributed by atoms with Gasteiger partial charge < -0.3 is 10.1 Å². The maximum Gasteiger partial charge on any atom is 0.141 e. The number of anilines is 1. The minimum atomic E-state index is 0.761. The fraction of sp³-hybridized carbons (Fsp3) is 0.231. The first-order valence-electron chi connectivity index (χ1n) is 5.32. The van der Waals surface area contributed by atoms with Crippen molar-refractivity contribution in [2.75, 3.05) is 12.4 Å². The summed E-state index contributed by atoms with van der Waals surface area (Å²) in [5, 5.41) is 3.36. The lowest BCUT2D eigenvalue weighted by atomic mass is 10.2. The molecular formula is C13H14ClNOS. The van der Waals surface area contributed by atoms with E-state index in [0.29, 0.717) is 0 Å². The van der Waals surface area contributed by atoms with E-state index >= 15 is 0 Å². The van der Waals surface area contributed by atoms with Crippen LogP contribution in [0.5, 0.6) is 5.75 Å². The fourth-order valence-corrected chi connectivity index (χ4v) is 2.62. The lowest BCUT2D eigenvalue weighted by molar-refractivity contribution is 0.416. The standard InChI is InChI=1S/C13H14ClNOS/c1-9-3-5-12(16-2)11(7-9)15-8-10-4-6-13(14)17-10/h3-7,15H,8H2,1-2H3. The van der Waals surface area contributed by atoms with E-state index in [0.717, 1.165) is 22.3 Å². The lowest BCUT2D eigenvalue weighted by Gasteiger charge is -2.11. The van der Waals surface area contributed by atoms with Gasteiger partial charge in [-0.3, -0.25) is 0 Å². The molecule has 2 nitrogen and oxygen atoms in total. The highest BCUT2D eigenvalue weighted by Gasteiger charge is 2.03. The van der Waals surface area contributed by atoms with Gasteiger partial charge in [0.2, 0.25) is 0 Å².